The first-order chi connectivity index (χ1) is 17.4. The zero-order valence-corrected chi connectivity index (χ0v) is 19.8. The van der Waals surface area contributed by atoms with Gasteiger partial charge in [0, 0.05) is 6.42 Å². The number of hydrogen-bond acceptors (Lipinski definition) is 5. The van der Waals surface area contributed by atoms with Crippen molar-refractivity contribution in [2.24, 2.45) is 0 Å². The molecular weight excluding hydrogens is 454 g/mol. The Morgan fingerprint density at radius 1 is 0.722 bits per heavy atom. The van der Waals surface area contributed by atoms with Crippen LogP contribution in [0.2, 0.25) is 0 Å². The molecule has 0 aliphatic rings. The van der Waals surface area contributed by atoms with E-state index in [0.29, 0.717) is 16.7 Å². The maximum Gasteiger partial charge on any atom is 0.328 e. The minimum Gasteiger partial charge on any atom is -0.508 e. The molecule has 0 aromatic heterocycles. The van der Waals surface area contributed by atoms with Crippen molar-refractivity contribution in [1.29, 1.82) is 0 Å². The van der Waals surface area contributed by atoms with Gasteiger partial charge in [-0.3, -0.25) is 4.79 Å². The Labute approximate surface area is 209 Å². The van der Waals surface area contributed by atoms with Crippen molar-refractivity contribution in [3.05, 3.63) is 131 Å². The molecule has 0 radical (unpaired) electrons. The van der Waals surface area contributed by atoms with Crippen LogP contribution in [0.1, 0.15) is 22.3 Å². The summed E-state index contributed by atoms with van der Waals surface area (Å²) < 4.78 is 5.03. The molecule has 0 saturated heterocycles. The van der Waals surface area contributed by atoms with Crippen LogP contribution in [0.25, 0.3) is 0 Å². The molecule has 1 atom stereocenters. The fraction of sp³-hybridized carbons (Fsp3) is 0.133. The van der Waals surface area contributed by atoms with Crippen molar-refractivity contribution in [3.63, 3.8) is 0 Å². The van der Waals surface area contributed by atoms with E-state index in [4.69, 9.17) is 4.74 Å². The van der Waals surface area contributed by atoms with Gasteiger partial charge in [-0.2, -0.15) is 0 Å². The minimum absolute atomic E-state index is 0.0586. The monoisotopic (exact) mass is 481 g/mol. The van der Waals surface area contributed by atoms with Crippen LogP contribution in [0.15, 0.2) is 109 Å². The van der Waals surface area contributed by atoms with E-state index in [-0.39, 0.29) is 17.9 Å². The number of aromatic hydroxyl groups is 2. The largest absolute Gasteiger partial charge is 0.508 e. The second-order valence-corrected chi connectivity index (χ2v) is 8.45. The lowest BCUT2D eigenvalue weighted by Gasteiger charge is -2.35. The van der Waals surface area contributed by atoms with Gasteiger partial charge in [-0.15, -0.1) is 0 Å². The molecule has 0 bridgehead atoms. The number of carbonyl (C=O) groups excluding carboxylic acids is 2. The lowest BCUT2D eigenvalue weighted by Crippen LogP contribution is -2.52. The summed E-state index contributed by atoms with van der Waals surface area (Å²) in [6.45, 7) is 0. The van der Waals surface area contributed by atoms with Crippen molar-refractivity contribution in [1.82, 2.24) is 5.32 Å². The zero-order chi connectivity index (χ0) is 25.5. The second kappa shape index (κ2) is 10.8. The van der Waals surface area contributed by atoms with E-state index in [9.17, 15) is 19.8 Å². The number of amides is 1. The molecule has 0 aliphatic carbocycles. The summed E-state index contributed by atoms with van der Waals surface area (Å²) >= 11 is 0. The van der Waals surface area contributed by atoms with Gasteiger partial charge in [0.15, 0.2) is 0 Å². The number of benzene rings is 4. The molecule has 0 fully saturated rings. The average Bonchev–Trinajstić information content (AvgIpc) is 2.91. The maximum atomic E-state index is 14.4. The standard InChI is InChI=1S/C30H27NO5/c1-36-28(34)27(20-21-8-4-2-5-9-21)31-29(35)30(22-10-6-3-7-11-22,23-12-16-25(32)17-13-23)24-14-18-26(33)19-15-24/h2-19,27,32-33H,20H2,1H3,(H,31,35)/t27-/m1/s1. The summed E-state index contributed by atoms with van der Waals surface area (Å²) in [6, 6.07) is 30.4. The van der Waals surface area contributed by atoms with Gasteiger partial charge in [0.05, 0.1) is 7.11 Å². The molecule has 4 aromatic carbocycles. The smallest absolute Gasteiger partial charge is 0.328 e. The summed E-state index contributed by atoms with van der Waals surface area (Å²) in [4.78, 5) is 27.2. The number of carbonyl (C=O) groups is 2. The van der Waals surface area contributed by atoms with E-state index in [2.05, 4.69) is 5.32 Å². The first kappa shape index (κ1) is 24.5. The number of methoxy groups -OCH3 is 1. The highest BCUT2D eigenvalue weighted by molar-refractivity contribution is 5.98. The summed E-state index contributed by atoms with van der Waals surface area (Å²) in [5.41, 5.74) is 1.29. The van der Waals surface area contributed by atoms with Gasteiger partial charge in [0.1, 0.15) is 23.0 Å². The molecule has 0 aliphatic heterocycles. The highest BCUT2D eigenvalue weighted by atomic mass is 16.5. The molecule has 4 aromatic rings. The molecule has 3 N–H and O–H groups in total. The average molecular weight is 482 g/mol. The summed E-state index contributed by atoms with van der Waals surface area (Å²) in [5, 5.41) is 22.9. The Morgan fingerprint density at radius 2 is 1.17 bits per heavy atom. The summed E-state index contributed by atoms with van der Waals surface area (Å²) in [7, 11) is 1.29. The van der Waals surface area contributed by atoms with Crippen LogP contribution in [0.4, 0.5) is 0 Å². The van der Waals surface area contributed by atoms with Crippen LogP contribution in [-0.4, -0.2) is 35.2 Å². The molecule has 182 valence electrons. The number of esters is 1. The van der Waals surface area contributed by atoms with Gasteiger partial charge in [0.2, 0.25) is 5.91 Å². The summed E-state index contributed by atoms with van der Waals surface area (Å²) in [5.74, 6) is -0.895. The van der Waals surface area contributed by atoms with Crippen molar-refractivity contribution in [2.75, 3.05) is 7.11 Å². The highest BCUT2D eigenvalue weighted by Gasteiger charge is 2.45. The quantitative estimate of drug-likeness (QED) is 0.257. The van der Waals surface area contributed by atoms with Crippen LogP contribution in [0.3, 0.4) is 0 Å². The van der Waals surface area contributed by atoms with Gasteiger partial charge in [-0.05, 0) is 46.5 Å². The van der Waals surface area contributed by atoms with Gasteiger partial charge >= 0.3 is 5.97 Å². The van der Waals surface area contributed by atoms with E-state index >= 15 is 0 Å². The molecule has 4 rings (SSSR count). The number of phenolic OH excluding ortho intramolecular Hbond substituents is 2. The fourth-order valence-corrected chi connectivity index (χ4v) is 4.46. The molecule has 6 heteroatoms. The predicted molar refractivity (Wildman–Crippen MR) is 137 cm³/mol. The highest BCUT2D eigenvalue weighted by Crippen LogP contribution is 2.41. The van der Waals surface area contributed by atoms with Crippen LogP contribution < -0.4 is 5.32 Å². The lowest BCUT2D eigenvalue weighted by atomic mass is 9.68. The molecule has 0 heterocycles. The third-order valence-electron chi connectivity index (χ3n) is 6.22. The molecule has 0 spiro atoms. The van der Waals surface area contributed by atoms with Crippen molar-refractivity contribution in [2.45, 2.75) is 17.9 Å². The van der Waals surface area contributed by atoms with Crippen LogP contribution in [-0.2, 0) is 26.2 Å². The van der Waals surface area contributed by atoms with E-state index in [0.717, 1.165) is 5.56 Å². The number of phenols is 2. The Bertz CT molecular complexity index is 1260. The van der Waals surface area contributed by atoms with E-state index in [1.54, 1.807) is 24.3 Å². The Hall–Kier alpha value is -4.58. The van der Waals surface area contributed by atoms with Crippen LogP contribution in [0, 0.1) is 0 Å². The Balaban J connectivity index is 1.89. The van der Waals surface area contributed by atoms with Crippen molar-refractivity contribution < 1.29 is 24.5 Å². The van der Waals surface area contributed by atoms with Gasteiger partial charge in [-0.1, -0.05) is 84.9 Å². The van der Waals surface area contributed by atoms with Crippen molar-refractivity contribution in [3.8, 4) is 11.5 Å². The number of rotatable bonds is 8. The minimum atomic E-state index is -1.40. The molecule has 6 nitrogen and oxygen atoms in total. The van der Waals surface area contributed by atoms with Gasteiger partial charge in [-0.25, -0.2) is 4.79 Å². The molecular formula is C30H27NO5. The van der Waals surface area contributed by atoms with Crippen LogP contribution in [0.5, 0.6) is 11.5 Å². The fourth-order valence-electron chi connectivity index (χ4n) is 4.46. The van der Waals surface area contributed by atoms with Gasteiger partial charge in [0.25, 0.3) is 0 Å². The summed E-state index contributed by atoms with van der Waals surface area (Å²) in [6.07, 6.45) is 0.245. The van der Waals surface area contributed by atoms with Crippen LogP contribution >= 0.6 is 0 Å². The number of ether oxygens (including phenoxy) is 1. The van der Waals surface area contributed by atoms with E-state index in [1.165, 1.54) is 31.4 Å². The molecule has 1 amide bonds. The molecule has 36 heavy (non-hydrogen) atoms. The van der Waals surface area contributed by atoms with Gasteiger partial charge < -0.3 is 20.3 Å². The Kier molecular flexibility index (Phi) is 7.35. The first-order valence-corrected chi connectivity index (χ1v) is 11.5. The predicted octanol–water partition coefficient (Wildman–Crippen LogP) is 4.33. The number of hydrogen-bond donors (Lipinski definition) is 3. The van der Waals surface area contributed by atoms with E-state index in [1.807, 2.05) is 60.7 Å². The Morgan fingerprint density at radius 3 is 1.64 bits per heavy atom. The molecule has 0 saturated carbocycles. The zero-order valence-electron chi connectivity index (χ0n) is 19.8. The van der Waals surface area contributed by atoms with Crippen molar-refractivity contribution >= 4 is 11.9 Å². The lowest BCUT2D eigenvalue weighted by molar-refractivity contribution is -0.145. The second-order valence-electron chi connectivity index (χ2n) is 8.45. The maximum absolute atomic E-state index is 14.4. The normalized spacial score (nSPS) is 11.9. The number of nitrogens with one attached hydrogen (secondary N) is 1. The topological polar surface area (TPSA) is 95.9 Å². The van der Waals surface area contributed by atoms with E-state index < -0.39 is 23.3 Å². The third-order valence-corrected chi connectivity index (χ3v) is 6.22. The molecule has 0 unspecified atom stereocenters. The third kappa shape index (κ3) is 4.93. The first-order valence-electron chi connectivity index (χ1n) is 11.5. The SMILES string of the molecule is COC(=O)[C@@H](Cc1ccccc1)NC(=O)C(c1ccccc1)(c1ccc(O)cc1)c1ccc(O)cc1.